The van der Waals surface area contributed by atoms with Gasteiger partial charge in [0.2, 0.25) is 0 Å². The van der Waals surface area contributed by atoms with Crippen LogP contribution in [0.3, 0.4) is 0 Å². The number of nitrogens with zero attached hydrogens (tertiary/aromatic N) is 2. The molecule has 0 atom stereocenters. The fraction of sp³-hybridized carbons (Fsp3) is 0.267. The minimum Gasteiger partial charge on any atom is -0.496 e. The van der Waals surface area contributed by atoms with Crippen molar-refractivity contribution in [2.45, 2.75) is 52.4 Å². The molecule has 0 saturated heterocycles. The first-order chi connectivity index (χ1) is 15.6. The summed E-state index contributed by atoms with van der Waals surface area (Å²) < 4.78 is 6.65. The Morgan fingerprint density at radius 1 is 0.588 bits per heavy atom. The molecule has 2 aromatic heterocycles. The average molecular weight is 630 g/mol. The fourth-order valence-electron chi connectivity index (χ4n) is 3.73. The van der Waals surface area contributed by atoms with Crippen molar-refractivity contribution >= 4 is 0 Å². The number of aromatic nitrogens is 2. The van der Waals surface area contributed by atoms with Gasteiger partial charge in [0, 0.05) is 23.9 Å². The Labute approximate surface area is 217 Å². The molecule has 0 fully saturated rings. The number of benzene rings is 2. The van der Waals surface area contributed by atoms with Gasteiger partial charge in [-0.15, -0.1) is 35.4 Å². The van der Waals surface area contributed by atoms with Gasteiger partial charge in [-0.25, -0.2) is 0 Å². The van der Waals surface area contributed by atoms with Gasteiger partial charge in [0.1, 0.15) is 0 Å². The third kappa shape index (κ3) is 5.83. The van der Waals surface area contributed by atoms with E-state index in [2.05, 4.69) is 87.9 Å². The van der Waals surface area contributed by atoms with Gasteiger partial charge in [0.25, 0.3) is 0 Å². The molecular weight excluding hydrogens is 599 g/mol. The SMILES string of the molecule is CC(C)(C)c1ccc(-c2ccccn2)[c-]c1Oc1[c-]c(-c2ccccn2)ccc1C(C)(C)C.[Pt+2]. The van der Waals surface area contributed by atoms with Gasteiger partial charge in [-0.1, -0.05) is 89.1 Å². The van der Waals surface area contributed by atoms with Crippen LogP contribution >= 0.6 is 0 Å². The van der Waals surface area contributed by atoms with Crippen LogP contribution in [0.5, 0.6) is 11.5 Å². The van der Waals surface area contributed by atoms with Crippen LogP contribution in [0.1, 0.15) is 52.7 Å². The molecule has 0 spiro atoms. The van der Waals surface area contributed by atoms with Gasteiger partial charge in [-0.3, -0.25) is 0 Å². The van der Waals surface area contributed by atoms with Crippen molar-refractivity contribution in [2.24, 2.45) is 0 Å². The molecule has 0 radical (unpaired) electrons. The summed E-state index contributed by atoms with van der Waals surface area (Å²) in [5.41, 5.74) is 5.46. The molecule has 34 heavy (non-hydrogen) atoms. The van der Waals surface area contributed by atoms with E-state index in [1.807, 2.05) is 36.4 Å². The largest absolute Gasteiger partial charge is 2.00 e. The average Bonchev–Trinajstić information content (AvgIpc) is 2.79. The Hall–Kier alpha value is -2.77. The second-order valence-electron chi connectivity index (χ2n) is 10.3. The maximum Gasteiger partial charge on any atom is 2.00 e. The Morgan fingerprint density at radius 2 is 1.00 bits per heavy atom. The van der Waals surface area contributed by atoms with Gasteiger partial charge in [-0.2, -0.15) is 0 Å². The van der Waals surface area contributed by atoms with Crippen molar-refractivity contribution in [3.8, 4) is 34.0 Å². The molecule has 0 saturated carbocycles. The van der Waals surface area contributed by atoms with E-state index >= 15 is 0 Å². The van der Waals surface area contributed by atoms with Crippen molar-refractivity contribution < 1.29 is 25.8 Å². The van der Waals surface area contributed by atoms with Gasteiger partial charge in [0.05, 0.1) is 0 Å². The predicted octanol–water partition coefficient (Wildman–Crippen LogP) is 7.80. The minimum atomic E-state index is -0.116. The molecule has 0 aliphatic heterocycles. The maximum absolute atomic E-state index is 6.65. The van der Waals surface area contributed by atoms with Crippen LogP contribution in [0.15, 0.2) is 73.1 Å². The zero-order chi connectivity index (χ0) is 23.6. The quantitative estimate of drug-likeness (QED) is 0.216. The molecule has 4 rings (SSSR count). The van der Waals surface area contributed by atoms with E-state index in [0.29, 0.717) is 11.5 Å². The Balaban J connectivity index is 0.00000324. The molecular formula is C30H30N2OPt. The van der Waals surface area contributed by atoms with Gasteiger partial charge >= 0.3 is 21.1 Å². The fourth-order valence-corrected chi connectivity index (χ4v) is 3.73. The van der Waals surface area contributed by atoms with E-state index in [-0.39, 0.29) is 31.9 Å². The van der Waals surface area contributed by atoms with Crippen molar-refractivity contribution in [1.29, 1.82) is 0 Å². The normalized spacial score (nSPS) is 11.6. The second-order valence-corrected chi connectivity index (χ2v) is 10.3. The summed E-state index contributed by atoms with van der Waals surface area (Å²) >= 11 is 0. The summed E-state index contributed by atoms with van der Waals surface area (Å²) in [4.78, 5) is 8.99. The van der Waals surface area contributed by atoms with Crippen molar-refractivity contribution in [2.75, 3.05) is 0 Å². The van der Waals surface area contributed by atoms with E-state index in [0.717, 1.165) is 33.6 Å². The molecule has 0 amide bonds. The summed E-state index contributed by atoms with van der Waals surface area (Å²) in [5, 5.41) is 0. The molecule has 0 unspecified atom stereocenters. The standard InChI is InChI=1S/C30H30N2O.Pt/c1-29(2,3)23-15-13-21(25-11-7-9-17-31-25)19-27(23)33-28-20-22(26-12-8-10-18-32-26)14-16-24(28)30(4,5)6;/h7-18H,1-6H3;/q-2;+2. The van der Waals surface area contributed by atoms with Crippen molar-refractivity contribution in [3.05, 3.63) is 96.3 Å². The monoisotopic (exact) mass is 629 g/mol. The van der Waals surface area contributed by atoms with Gasteiger partial charge in [-0.05, 0) is 34.4 Å². The van der Waals surface area contributed by atoms with E-state index in [9.17, 15) is 0 Å². The molecule has 0 aliphatic rings. The summed E-state index contributed by atoms with van der Waals surface area (Å²) in [6, 6.07) is 27.1. The van der Waals surface area contributed by atoms with Crippen LogP contribution in [0.4, 0.5) is 0 Å². The van der Waals surface area contributed by atoms with Crippen LogP contribution in [0.25, 0.3) is 22.5 Å². The second kappa shape index (κ2) is 10.2. The van der Waals surface area contributed by atoms with Crippen LogP contribution < -0.4 is 4.74 Å². The van der Waals surface area contributed by atoms with Crippen LogP contribution in [-0.4, -0.2) is 9.97 Å². The smallest absolute Gasteiger partial charge is 0.496 e. The summed E-state index contributed by atoms with van der Waals surface area (Å²) in [5.74, 6) is 1.40. The molecule has 2 aromatic carbocycles. The first-order valence-electron chi connectivity index (χ1n) is 11.3. The number of ether oxygens (including phenoxy) is 1. The molecule has 0 aliphatic carbocycles. The van der Waals surface area contributed by atoms with E-state index in [4.69, 9.17) is 4.74 Å². The number of rotatable bonds is 4. The number of pyridine rings is 2. The van der Waals surface area contributed by atoms with Gasteiger partial charge in [0.15, 0.2) is 0 Å². The number of hydrogen-bond donors (Lipinski definition) is 0. The third-order valence-corrected chi connectivity index (χ3v) is 5.52. The van der Waals surface area contributed by atoms with E-state index in [1.54, 1.807) is 12.4 Å². The molecule has 3 nitrogen and oxygen atoms in total. The summed E-state index contributed by atoms with van der Waals surface area (Å²) in [6.45, 7) is 13.1. The third-order valence-electron chi connectivity index (χ3n) is 5.52. The Kier molecular flexibility index (Phi) is 7.78. The summed E-state index contributed by atoms with van der Waals surface area (Å²) in [7, 11) is 0. The van der Waals surface area contributed by atoms with Gasteiger partial charge < -0.3 is 14.7 Å². The molecule has 4 aromatic rings. The first-order valence-corrected chi connectivity index (χ1v) is 11.3. The maximum atomic E-state index is 6.65. The summed E-state index contributed by atoms with van der Waals surface area (Å²) in [6.07, 6.45) is 3.59. The first kappa shape index (κ1) is 25.8. The molecule has 2 heterocycles. The predicted molar refractivity (Wildman–Crippen MR) is 134 cm³/mol. The molecule has 0 N–H and O–H groups in total. The Morgan fingerprint density at radius 3 is 1.32 bits per heavy atom. The van der Waals surface area contributed by atoms with Crippen LogP contribution in [-0.2, 0) is 31.9 Å². The topological polar surface area (TPSA) is 35.0 Å². The molecule has 0 bridgehead atoms. The van der Waals surface area contributed by atoms with Crippen molar-refractivity contribution in [3.63, 3.8) is 0 Å². The van der Waals surface area contributed by atoms with E-state index in [1.165, 1.54) is 0 Å². The van der Waals surface area contributed by atoms with E-state index < -0.39 is 0 Å². The number of hydrogen-bond acceptors (Lipinski definition) is 3. The minimum absolute atomic E-state index is 0. The van der Waals surface area contributed by atoms with Crippen molar-refractivity contribution in [1.82, 2.24) is 9.97 Å². The van der Waals surface area contributed by atoms with Crippen LogP contribution in [0, 0.1) is 12.1 Å². The molecule has 4 heteroatoms. The van der Waals surface area contributed by atoms with Crippen LogP contribution in [0.2, 0.25) is 0 Å². The Bertz CT molecular complexity index is 1140. The zero-order valence-electron chi connectivity index (χ0n) is 20.5. The molecule has 176 valence electrons. The zero-order valence-corrected chi connectivity index (χ0v) is 22.8.